The first-order chi connectivity index (χ1) is 25.1. The van der Waals surface area contributed by atoms with E-state index >= 15 is 4.57 Å². The molecule has 1 aliphatic rings. The molecule has 0 amide bonds. The van der Waals surface area contributed by atoms with E-state index < -0.39 is 7.14 Å². The highest BCUT2D eigenvalue weighted by molar-refractivity contribution is 7.86. The van der Waals surface area contributed by atoms with Crippen LogP contribution in [0.5, 0.6) is 0 Å². The Balaban J connectivity index is 1.27. The lowest BCUT2D eigenvalue weighted by molar-refractivity contribution is 0.592. The van der Waals surface area contributed by atoms with Gasteiger partial charge in [-0.05, 0) is 85.3 Å². The molecule has 0 aliphatic carbocycles. The summed E-state index contributed by atoms with van der Waals surface area (Å²) in [6.07, 6.45) is 0.763. The molecule has 1 aliphatic heterocycles. The fourth-order valence-corrected chi connectivity index (χ4v) is 11.3. The predicted octanol–water partition coefficient (Wildman–Crippen LogP) is 10.8. The molecule has 2 heterocycles. The molecule has 0 radical (unpaired) electrons. The van der Waals surface area contributed by atoms with Crippen molar-refractivity contribution in [3.05, 3.63) is 176 Å². The molecule has 9 aromatic rings. The van der Waals surface area contributed by atoms with Crippen LogP contribution in [0.1, 0.15) is 12.7 Å². The molecule has 4 heteroatoms. The minimum Gasteiger partial charge on any atom is -0.308 e. The van der Waals surface area contributed by atoms with Gasteiger partial charge in [0.1, 0.15) is 5.82 Å². The largest absolute Gasteiger partial charge is 0.308 e. The van der Waals surface area contributed by atoms with Crippen molar-refractivity contribution in [3.8, 4) is 39.1 Å². The first-order valence-corrected chi connectivity index (χ1v) is 19.3. The summed E-state index contributed by atoms with van der Waals surface area (Å²) in [4.78, 5) is 5.06. The van der Waals surface area contributed by atoms with E-state index in [1.54, 1.807) is 0 Å². The number of para-hydroxylation sites is 1. The summed E-state index contributed by atoms with van der Waals surface area (Å²) in [5, 5.41) is 7.44. The molecule has 51 heavy (non-hydrogen) atoms. The zero-order valence-electron chi connectivity index (χ0n) is 28.1. The molecule has 10 rings (SSSR count). The third-order valence-corrected chi connectivity index (χ3v) is 13.7. The first kappa shape index (κ1) is 29.9. The Labute approximate surface area is 296 Å². The molecule has 0 spiro atoms. The summed E-state index contributed by atoms with van der Waals surface area (Å²) >= 11 is 0. The lowest BCUT2D eigenvalue weighted by atomic mass is 9.85. The molecule has 0 fully saturated rings. The number of hydrogen-bond donors (Lipinski definition) is 0. The molecule has 0 bridgehead atoms. The minimum absolute atomic E-state index is 0.763. The molecule has 242 valence electrons. The third kappa shape index (κ3) is 4.38. The van der Waals surface area contributed by atoms with Gasteiger partial charge in [-0.2, -0.15) is 0 Å². The van der Waals surface area contributed by atoms with Crippen LogP contribution in [0.2, 0.25) is 0 Å². The van der Waals surface area contributed by atoms with Crippen molar-refractivity contribution in [1.29, 1.82) is 0 Å². The van der Waals surface area contributed by atoms with Gasteiger partial charge in [0, 0.05) is 22.3 Å². The fourth-order valence-electron chi connectivity index (χ4n) is 8.29. The Morgan fingerprint density at radius 1 is 0.510 bits per heavy atom. The molecule has 1 atom stereocenters. The van der Waals surface area contributed by atoms with Crippen LogP contribution in [0.15, 0.2) is 170 Å². The van der Waals surface area contributed by atoms with Gasteiger partial charge >= 0.3 is 0 Å². The van der Waals surface area contributed by atoms with Gasteiger partial charge in [-0.25, -0.2) is 4.98 Å². The van der Waals surface area contributed by atoms with Crippen LogP contribution in [0, 0.1) is 0 Å². The topological polar surface area (TPSA) is 34.9 Å². The monoisotopic (exact) mass is 672 g/mol. The lowest BCUT2D eigenvalue weighted by Crippen LogP contribution is -2.33. The predicted molar refractivity (Wildman–Crippen MR) is 215 cm³/mol. The van der Waals surface area contributed by atoms with Gasteiger partial charge in [-0.15, -0.1) is 0 Å². The summed E-state index contributed by atoms with van der Waals surface area (Å²) in [5.74, 6) is 0.971. The van der Waals surface area contributed by atoms with Crippen molar-refractivity contribution in [2.75, 3.05) is 0 Å². The second-order valence-electron chi connectivity index (χ2n) is 13.3. The SMILES string of the molecule is CCc1nc2cccc3c2n1-c1cc(-c2ccc4c(-c5ccccc5)c5ccccc5c(-c5ccccc5)c4c2)ccc1P3(=O)c1ccccc1. The molecule has 1 aromatic heterocycles. The second-order valence-corrected chi connectivity index (χ2v) is 16.0. The van der Waals surface area contributed by atoms with Crippen molar-refractivity contribution >= 4 is 55.6 Å². The summed E-state index contributed by atoms with van der Waals surface area (Å²) in [6, 6.07) is 59.7. The normalized spacial score (nSPS) is 15.0. The van der Waals surface area contributed by atoms with E-state index in [0.29, 0.717) is 0 Å². The zero-order valence-corrected chi connectivity index (χ0v) is 29.0. The van der Waals surface area contributed by atoms with Gasteiger partial charge in [0.05, 0.1) is 16.7 Å². The van der Waals surface area contributed by atoms with Gasteiger partial charge in [-0.3, -0.25) is 4.57 Å². The molecular formula is C47H33N2OP. The van der Waals surface area contributed by atoms with E-state index in [0.717, 1.165) is 56.0 Å². The number of benzene rings is 8. The molecule has 0 N–H and O–H groups in total. The van der Waals surface area contributed by atoms with Crippen LogP contribution >= 0.6 is 7.14 Å². The highest BCUT2D eigenvalue weighted by Gasteiger charge is 2.39. The maximum atomic E-state index is 15.6. The van der Waals surface area contributed by atoms with Gasteiger partial charge < -0.3 is 4.57 Å². The minimum atomic E-state index is -3.19. The van der Waals surface area contributed by atoms with Gasteiger partial charge in [0.2, 0.25) is 0 Å². The Hall–Kier alpha value is -6.02. The Bertz CT molecular complexity index is 2860. The highest BCUT2D eigenvalue weighted by Crippen LogP contribution is 2.50. The summed E-state index contributed by atoms with van der Waals surface area (Å²) in [5.41, 5.74) is 9.84. The first-order valence-electron chi connectivity index (χ1n) is 17.6. The quantitative estimate of drug-likeness (QED) is 0.135. The average molecular weight is 673 g/mol. The lowest BCUT2D eigenvalue weighted by Gasteiger charge is -2.29. The van der Waals surface area contributed by atoms with Crippen molar-refractivity contribution in [1.82, 2.24) is 9.55 Å². The van der Waals surface area contributed by atoms with Crippen molar-refractivity contribution in [3.63, 3.8) is 0 Å². The Morgan fingerprint density at radius 2 is 1.08 bits per heavy atom. The van der Waals surface area contributed by atoms with E-state index in [1.807, 2.05) is 48.5 Å². The molecular weight excluding hydrogens is 640 g/mol. The highest BCUT2D eigenvalue weighted by atomic mass is 31.2. The Kier molecular flexibility index (Phi) is 6.74. The van der Waals surface area contributed by atoms with Crippen LogP contribution in [0.4, 0.5) is 0 Å². The van der Waals surface area contributed by atoms with Crippen LogP contribution in [-0.2, 0) is 11.0 Å². The van der Waals surface area contributed by atoms with E-state index in [1.165, 1.54) is 43.8 Å². The van der Waals surface area contributed by atoms with Gasteiger partial charge in [0.25, 0.3) is 0 Å². The molecule has 0 saturated carbocycles. The molecule has 0 saturated heterocycles. The number of fused-ring (bicyclic) bond motifs is 4. The number of aromatic nitrogens is 2. The van der Waals surface area contributed by atoms with Gasteiger partial charge in [0.15, 0.2) is 7.14 Å². The van der Waals surface area contributed by atoms with Crippen molar-refractivity contribution in [2.45, 2.75) is 13.3 Å². The van der Waals surface area contributed by atoms with E-state index in [-0.39, 0.29) is 0 Å². The van der Waals surface area contributed by atoms with Crippen LogP contribution < -0.4 is 15.9 Å². The number of nitrogens with zero attached hydrogens (tertiary/aromatic N) is 2. The number of hydrogen-bond acceptors (Lipinski definition) is 2. The van der Waals surface area contributed by atoms with E-state index in [2.05, 4.69) is 133 Å². The maximum Gasteiger partial charge on any atom is 0.175 e. The molecule has 1 unspecified atom stereocenters. The van der Waals surface area contributed by atoms with E-state index in [9.17, 15) is 0 Å². The molecule has 3 nitrogen and oxygen atoms in total. The average Bonchev–Trinajstić information content (AvgIpc) is 3.59. The van der Waals surface area contributed by atoms with Crippen LogP contribution in [-0.4, -0.2) is 9.55 Å². The smallest absolute Gasteiger partial charge is 0.175 e. The number of imidazole rings is 1. The van der Waals surface area contributed by atoms with Gasteiger partial charge in [-0.1, -0.05) is 146 Å². The standard InChI is InChI=1S/C47H33N2OP/c1-2-44-48-40-23-14-24-43-47(40)49(44)41-30-34(26-28-42(41)51(43,50)35-19-10-5-11-20-35)33-25-27-38-39(29-33)46(32-17-8-4-9-18-32)37-22-13-12-21-36(37)45(38)31-15-6-3-7-16-31/h3-30H,2H2,1H3. The summed E-state index contributed by atoms with van der Waals surface area (Å²) in [6.45, 7) is 2.14. The number of aryl methyl sites for hydroxylation is 1. The summed E-state index contributed by atoms with van der Waals surface area (Å²) in [7, 11) is -3.19. The summed E-state index contributed by atoms with van der Waals surface area (Å²) < 4.78 is 17.9. The van der Waals surface area contributed by atoms with Crippen LogP contribution in [0.25, 0.3) is 71.6 Å². The maximum absolute atomic E-state index is 15.6. The van der Waals surface area contributed by atoms with Crippen molar-refractivity contribution < 1.29 is 4.57 Å². The van der Waals surface area contributed by atoms with E-state index in [4.69, 9.17) is 4.98 Å². The second kappa shape index (κ2) is 11.5. The Morgan fingerprint density at radius 3 is 1.75 bits per heavy atom. The molecule has 8 aromatic carbocycles. The fraction of sp³-hybridized carbons (Fsp3) is 0.0426. The van der Waals surface area contributed by atoms with Crippen LogP contribution in [0.3, 0.4) is 0 Å². The third-order valence-electron chi connectivity index (χ3n) is 10.5. The zero-order chi connectivity index (χ0) is 34.1. The number of rotatable bonds is 5. The van der Waals surface area contributed by atoms with Crippen molar-refractivity contribution in [2.24, 2.45) is 0 Å².